The molecule has 0 atom stereocenters. The fourth-order valence-corrected chi connectivity index (χ4v) is 3.33. The van der Waals surface area contributed by atoms with Crippen molar-refractivity contribution in [1.29, 1.82) is 0 Å². The van der Waals surface area contributed by atoms with E-state index < -0.39 is 0 Å². The Morgan fingerprint density at radius 3 is 2.36 bits per heavy atom. The van der Waals surface area contributed by atoms with Crippen molar-refractivity contribution in [3.63, 3.8) is 0 Å². The van der Waals surface area contributed by atoms with Crippen LogP contribution in [0.3, 0.4) is 0 Å². The van der Waals surface area contributed by atoms with Gasteiger partial charge in [0.25, 0.3) is 0 Å². The summed E-state index contributed by atoms with van der Waals surface area (Å²) >= 11 is 0. The number of hydrogen-bond acceptors (Lipinski definition) is 5. The molecule has 5 heteroatoms. The molecule has 28 heavy (non-hydrogen) atoms. The molecule has 0 aliphatic heterocycles. The quantitative estimate of drug-likeness (QED) is 0.320. The fourth-order valence-electron chi connectivity index (χ4n) is 3.33. The molecule has 0 saturated carbocycles. The van der Waals surface area contributed by atoms with Crippen molar-refractivity contribution < 1.29 is 5.11 Å². The standard InChI is InChI=1S/C23H20N4O/c1-14-15(2)25-23(17-9-4-3-5-10-17)26-21(14)22(27-24)20-18-11-7-6-8-16(18)12-13-19(20)28/h3-13,28H,24H2,1-2H3/b27-22+. The van der Waals surface area contributed by atoms with Crippen LogP contribution in [-0.4, -0.2) is 20.8 Å². The lowest BCUT2D eigenvalue weighted by Crippen LogP contribution is -2.14. The molecule has 0 aliphatic carbocycles. The van der Waals surface area contributed by atoms with Crippen LogP contribution in [0.1, 0.15) is 22.5 Å². The van der Waals surface area contributed by atoms with Gasteiger partial charge < -0.3 is 10.9 Å². The summed E-state index contributed by atoms with van der Waals surface area (Å²) in [6.45, 7) is 3.87. The molecule has 0 saturated heterocycles. The van der Waals surface area contributed by atoms with E-state index in [-0.39, 0.29) is 5.75 Å². The number of aromatic nitrogens is 2. The maximum absolute atomic E-state index is 10.6. The number of nitrogens with two attached hydrogens (primary N) is 1. The van der Waals surface area contributed by atoms with Gasteiger partial charge in [0.05, 0.1) is 11.3 Å². The Kier molecular flexibility index (Phi) is 4.49. The molecular formula is C23H20N4O. The van der Waals surface area contributed by atoms with E-state index in [0.29, 0.717) is 22.8 Å². The predicted molar refractivity (Wildman–Crippen MR) is 112 cm³/mol. The highest BCUT2D eigenvalue weighted by atomic mass is 16.3. The third-order valence-corrected chi connectivity index (χ3v) is 4.92. The molecule has 0 amide bonds. The van der Waals surface area contributed by atoms with Crippen LogP contribution in [0.25, 0.3) is 22.2 Å². The Hall–Kier alpha value is -3.73. The summed E-state index contributed by atoms with van der Waals surface area (Å²) in [5, 5.41) is 16.5. The van der Waals surface area contributed by atoms with E-state index in [1.165, 1.54) is 0 Å². The van der Waals surface area contributed by atoms with Gasteiger partial charge in [0.2, 0.25) is 0 Å². The minimum Gasteiger partial charge on any atom is -0.507 e. The fraction of sp³-hybridized carbons (Fsp3) is 0.0870. The first kappa shape index (κ1) is 17.7. The molecule has 4 aromatic rings. The Bertz CT molecular complexity index is 1200. The highest BCUT2D eigenvalue weighted by Crippen LogP contribution is 2.31. The summed E-state index contributed by atoms with van der Waals surface area (Å²) in [5.41, 5.74) is 4.24. The van der Waals surface area contributed by atoms with E-state index in [2.05, 4.69) is 10.1 Å². The van der Waals surface area contributed by atoms with Crippen molar-refractivity contribution in [2.75, 3.05) is 0 Å². The molecule has 0 radical (unpaired) electrons. The van der Waals surface area contributed by atoms with Crippen LogP contribution in [0.5, 0.6) is 5.75 Å². The Balaban J connectivity index is 1.98. The largest absolute Gasteiger partial charge is 0.507 e. The topological polar surface area (TPSA) is 84.4 Å². The van der Waals surface area contributed by atoms with Crippen molar-refractivity contribution in [2.24, 2.45) is 10.9 Å². The van der Waals surface area contributed by atoms with E-state index in [0.717, 1.165) is 27.6 Å². The van der Waals surface area contributed by atoms with Gasteiger partial charge in [-0.15, -0.1) is 0 Å². The van der Waals surface area contributed by atoms with Gasteiger partial charge in [-0.2, -0.15) is 5.10 Å². The first-order chi connectivity index (χ1) is 13.6. The number of nitrogens with zero attached hydrogens (tertiary/aromatic N) is 3. The molecule has 3 N–H and O–H groups in total. The SMILES string of the molecule is Cc1nc(-c2ccccc2)nc(/C(=N/N)c2c(O)ccc3ccccc23)c1C. The van der Waals surface area contributed by atoms with Crippen LogP contribution in [0, 0.1) is 13.8 Å². The maximum Gasteiger partial charge on any atom is 0.160 e. The zero-order valence-corrected chi connectivity index (χ0v) is 15.7. The molecule has 1 heterocycles. The third kappa shape index (κ3) is 2.97. The molecule has 138 valence electrons. The number of hydrazone groups is 1. The summed E-state index contributed by atoms with van der Waals surface area (Å²) in [7, 11) is 0. The molecule has 3 aromatic carbocycles. The summed E-state index contributed by atoms with van der Waals surface area (Å²) in [5.74, 6) is 6.53. The molecule has 0 fully saturated rings. The van der Waals surface area contributed by atoms with Crippen LogP contribution in [0.15, 0.2) is 71.8 Å². The van der Waals surface area contributed by atoms with Gasteiger partial charge >= 0.3 is 0 Å². The Morgan fingerprint density at radius 1 is 0.893 bits per heavy atom. The van der Waals surface area contributed by atoms with Gasteiger partial charge in [0, 0.05) is 11.3 Å². The van der Waals surface area contributed by atoms with E-state index in [1.54, 1.807) is 6.07 Å². The molecule has 4 rings (SSSR count). The number of benzene rings is 3. The number of fused-ring (bicyclic) bond motifs is 1. The number of phenolic OH excluding ortho intramolecular Hbond substituents is 1. The van der Waals surface area contributed by atoms with E-state index in [9.17, 15) is 5.11 Å². The summed E-state index contributed by atoms with van der Waals surface area (Å²) in [6.07, 6.45) is 0. The number of phenols is 1. The van der Waals surface area contributed by atoms with Crippen molar-refractivity contribution >= 4 is 16.5 Å². The second-order valence-corrected chi connectivity index (χ2v) is 6.63. The molecule has 0 aliphatic rings. The smallest absolute Gasteiger partial charge is 0.160 e. The molecule has 0 unspecified atom stereocenters. The average Bonchev–Trinajstić information content (AvgIpc) is 2.73. The van der Waals surface area contributed by atoms with E-state index in [1.807, 2.05) is 74.5 Å². The van der Waals surface area contributed by atoms with Crippen LogP contribution >= 0.6 is 0 Å². The van der Waals surface area contributed by atoms with Crippen molar-refractivity contribution in [1.82, 2.24) is 9.97 Å². The van der Waals surface area contributed by atoms with Gasteiger partial charge in [0.1, 0.15) is 11.5 Å². The second-order valence-electron chi connectivity index (χ2n) is 6.63. The van der Waals surface area contributed by atoms with Gasteiger partial charge in [0.15, 0.2) is 5.82 Å². The van der Waals surface area contributed by atoms with Crippen LogP contribution in [0.4, 0.5) is 0 Å². The lowest BCUT2D eigenvalue weighted by molar-refractivity contribution is 0.475. The number of rotatable bonds is 3. The molecule has 0 spiro atoms. The Labute approximate surface area is 163 Å². The first-order valence-corrected chi connectivity index (χ1v) is 9.00. The minimum absolute atomic E-state index is 0.111. The normalized spacial score (nSPS) is 11.7. The van der Waals surface area contributed by atoms with Crippen molar-refractivity contribution in [3.8, 4) is 17.1 Å². The third-order valence-electron chi connectivity index (χ3n) is 4.92. The highest BCUT2D eigenvalue weighted by Gasteiger charge is 2.21. The monoisotopic (exact) mass is 368 g/mol. The summed E-state index contributed by atoms with van der Waals surface area (Å²) in [4.78, 5) is 9.40. The van der Waals surface area contributed by atoms with Gasteiger partial charge in [-0.1, -0.05) is 60.7 Å². The van der Waals surface area contributed by atoms with Crippen LogP contribution in [-0.2, 0) is 0 Å². The lowest BCUT2D eigenvalue weighted by Gasteiger charge is -2.15. The lowest BCUT2D eigenvalue weighted by atomic mass is 9.95. The average molecular weight is 368 g/mol. The molecular weight excluding hydrogens is 348 g/mol. The number of aryl methyl sites for hydroxylation is 1. The van der Waals surface area contributed by atoms with Gasteiger partial charge in [-0.25, -0.2) is 9.97 Å². The summed E-state index contributed by atoms with van der Waals surface area (Å²) < 4.78 is 0. The number of hydrogen-bond donors (Lipinski definition) is 2. The second kappa shape index (κ2) is 7.12. The van der Waals surface area contributed by atoms with E-state index >= 15 is 0 Å². The minimum atomic E-state index is 0.111. The molecule has 1 aromatic heterocycles. The predicted octanol–water partition coefficient (Wildman–Crippen LogP) is 4.33. The zero-order chi connectivity index (χ0) is 19.7. The number of aromatic hydroxyl groups is 1. The maximum atomic E-state index is 10.6. The van der Waals surface area contributed by atoms with Crippen LogP contribution in [0.2, 0.25) is 0 Å². The van der Waals surface area contributed by atoms with Gasteiger partial charge in [-0.05, 0) is 36.2 Å². The van der Waals surface area contributed by atoms with E-state index in [4.69, 9.17) is 10.8 Å². The van der Waals surface area contributed by atoms with Crippen LogP contribution < -0.4 is 5.84 Å². The Morgan fingerprint density at radius 2 is 1.61 bits per heavy atom. The zero-order valence-electron chi connectivity index (χ0n) is 15.7. The first-order valence-electron chi connectivity index (χ1n) is 9.00. The van der Waals surface area contributed by atoms with Crippen molar-refractivity contribution in [3.05, 3.63) is 89.2 Å². The van der Waals surface area contributed by atoms with Gasteiger partial charge in [-0.3, -0.25) is 0 Å². The molecule has 5 nitrogen and oxygen atoms in total. The summed E-state index contributed by atoms with van der Waals surface area (Å²) in [6, 6.07) is 21.1. The molecule has 0 bridgehead atoms. The highest BCUT2D eigenvalue weighted by molar-refractivity contribution is 6.20. The van der Waals surface area contributed by atoms with Crippen molar-refractivity contribution in [2.45, 2.75) is 13.8 Å².